The number of halogens is 1. The molecule has 1 fully saturated rings. The van der Waals surface area contributed by atoms with E-state index in [4.69, 9.17) is 10.8 Å². The van der Waals surface area contributed by atoms with Gasteiger partial charge in [-0.1, -0.05) is 25.0 Å². The number of aliphatic hydroxyl groups is 1. The first-order chi connectivity index (χ1) is 8.64. The second kappa shape index (κ2) is 6.89. The Balaban J connectivity index is 0.00000180. The van der Waals surface area contributed by atoms with Gasteiger partial charge in [-0.3, -0.25) is 4.79 Å². The summed E-state index contributed by atoms with van der Waals surface area (Å²) in [4.78, 5) is 12.1. The van der Waals surface area contributed by atoms with Crippen molar-refractivity contribution in [1.82, 2.24) is 0 Å². The molecule has 2 rings (SSSR count). The molecule has 0 bridgehead atoms. The summed E-state index contributed by atoms with van der Waals surface area (Å²) in [6, 6.07) is 7.51. The fourth-order valence-electron chi connectivity index (χ4n) is 2.37. The lowest BCUT2D eigenvalue weighted by Crippen LogP contribution is -2.48. The van der Waals surface area contributed by atoms with Gasteiger partial charge in [-0.15, -0.1) is 12.4 Å². The van der Waals surface area contributed by atoms with Gasteiger partial charge in [0.1, 0.15) is 0 Å². The molecule has 1 aromatic carbocycles. The van der Waals surface area contributed by atoms with Crippen molar-refractivity contribution in [1.29, 1.82) is 0 Å². The fraction of sp³-hybridized carbons (Fsp3) is 0.500. The lowest BCUT2D eigenvalue weighted by molar-refractivity contribution is -0.121. The van der Waals surface area contributed by atoms with Crippen LogP contribution < -0.4 is 11.1 Å². The topological polar surface area (TPSA) is 75.4 Å². The fourth-order valence-corrected chi connectivity index (χ4v) is 2.37. The van der Waals surface area contributed by atoms with E-state index in [1.54, 1.807) is 0 Å². The van der Waals surface area contributed by atoms with E-state index < -0.39 is 5.54 Å². The Morgan fingerprint density at radius 2 is 1.84 bits per heavy atom. The number of nitrogens with one attached hydrogen (secondary N) is 1. The van der Waals surface area contributed by atoms with Gasteiger partial charge in [0, 0.05) is 12.3 Å². The number of rotatable bonds is 4. The molecular weight excluding hydrogens is 264 g/mol. The number of hydrogen-bond donors (Lipinski definition) is 3. The van der Waals surface area contributed by atoms with Crippen molar-refractivity contribution in [2.24, 2.45) is 5.73 Å². The highest BCUT2D eigenvalue weighted by Crippen LogP contribution is 2.28. The Morgan fingerprint density at radius 1 is 1.26 bits per heavy atom. The van der Waals surface area contributed by atoms with E-state index in [-0.39, 0.29) is 24.9 Å². The molecule has 0 aromatic heterocycles. The maximum Gasteiger partial charge on any atom is 0.244 e. The van der Waals surface area contributed by atoms with Crippen LogP contribution >= 0.6 is 12.4 Å². The second-order valence-electron chi connectivity index (χ2n) is 4.99. The van der Waals surface area contributed by atoms with Crippen LogP contribution in [-0.4, -0.2) is 23.2 Å². The summed E-state index contributed by atoms with van der Waals surface area (Å²) in [5, 5.41) is 11.7. The normalized spacial score (nSPS) is 16.7. The van der Waals surface area contributed by atoms with Gasteiger partial charge in [0.2, 0.25) is 5.91 Å². The smallest absolute Gasteiger partial charge is 0.244 e. The maximum absolute atomic E-state index is 12.1. The summed E-state index contributed by atoms with van der Waals surface area (Å²) in [6.07, 6.45) is 4.22. The molecule has 0 atom stereocenters. The van der Waals surface area contributed by atoms with Crippen LogP contribution in [0.3, 0.4) is 0 Å². The average molecular weight is 285 g/mol. The summed E-state index contributed by atoms with van der Waals surface area (Å²) >= 11 is 0. The standard InChI is InChI=1S/C14H20N2O2.ClH/c15-14(8-1-2-9-14)13(18)16-12-5-3-11(4-6-12)7-10-17;/h3-6,17H,1-2,7-10,15H2,(H,16,18);1H. The van der Waals surface area contributed by atoms with E-state index in [1.807, 2.05) is 24.3 Å². The Kier molecular flexibility index (Phi) is 5.79. The van der Waals surface area contributed by atoms with Crippen molar-refractivity contribution in [2.75, 3.05) is 11.9 Å². The molecule has 4 N–H and O–H groups in total. The van der Waals surface area contributed by atoms with Gasteiger partial charge in [-0.05, 0) is 37.0 Å². The zero-order valence-electron chi connectivity index (χ0n) is 10.9. The third kappa shape index (κ3) is 3.93. The van der Waals surface area contributed by atoms with E-state index in [0.717, 1.165) is 36.9 Å². The maximum atomic E-state index is 12.1. The lowest BCUT2D eigenvalue weighted by atomic mass is 9.98. The Morgan fingerprint density at radius 3 is 2.37 bits per heavy atom. The van der Waals surface area contributed by atoms with Gasteiger partial charge in [-0.25, -0.2) is 0 Å². The summed E-state index contributed by atoms with van der Waals surface area (Å²) in [5.74, 6) is -0.0880. The van der Waals surface area contributed by atoms with Crippen molar-refractivity contribution in [2.45, 2.75) is 37.6 Å². The molecule has 0 spiro atoms. The molecule has 1 saturated carbocycles. The van der Waals surface area contributed by atoms with E-state index in [2.05, 4.69) is 5.32 Å². The van der Waals surface area contributed by atoms with Crippen LogP contribution in [0.1, 0.15) is 31.2 Å². The van der Waals surface area contributed by atoms with Crippen LogP contribution in [0.5, 0.6) is 0 Å². The predicted octanol–water partition coefficient (Wildman–Crippen LogP) is 1.85. The summed E-state index contributed by atoms with van der Waals surface area (Å²) < 4.78 is 0. The molecule has 0 heterocycles. The number of carbonyl (C=O) groups is 1. The van der Waals surface area contributed by atoms with Crippen LogP contribution in [0.4, 0.5) is 5.69 Å². The molecule has 5 heteroatoms. The monoisotopic (exact) mass is 284 g/mol. The highest BCUT2D eigenvalue weighted by atomic mass is 35.5. The third-order valence-corrected chi connectivity index (χ3v) is 3.56. The van der Waals surface area contributed by atoms with Gasteiger partial charge in [0.15, 0.2) is 0 Å². The zero-order chi connectivity index (χ0) is 13.0. The van der Waals surface area contributed by atoms with Crippen molar-refractivity contribution in [3.8, 4) is 0 Å². The number of nitrogens with two attached hydrogens (primary N) is 1. The molecule has 0 radical (unpaired) electrons. The number of hydrogen-bond acceptors (Lipinski definition) is 3. The number of benzene rings is 1. The summed E-state index contributed by atoms with van der Waals surface area (Å²) in [7, 11) is 0. The average Bonchev–Trinajstić information content (AvgIpc) is 2.80. The Bertz CT molecular complexity index is 414. The van der Waals surface area contributed by atoms with Crippen LogP contribution in [0.25, 0.3) is 0 Å². The minimum absolute atomic E-state index is 0. The third-order valence-electron chi connectivity index (χ3n) is 3.56. The Labute approximate surface area is 119 Å². The summed E-state index contributed by atoms with van der Waals surface area (Å²) in [6.45, 7) is 0.137. The Hall–Kier alpha value is -1.10. The van der Waals surface area contributed by atoms with Gasteiger partial charge >= 0.3 is 0 Å². The highest BCUT2D eigenvalue weighted by Gasteiger charge is 2.36. The molecule has 1 aromatic rings. The summed E-state index contributed by atoms with van der Waals surface area (Å²) in [5.41, 5.74) is 7.21. The molecule has 1 aliphatic rings. The first-order valence-corrected chi connectivity index (χ1v) is 6.44. The molecule has 0 unspecified atom stereocenters. The molecule has 19 heavy (non-hydrogen) atoms. The molecular formula is C14H21ClN2O2. The molecule has 106 valence electrons. The molecule has 0 aliphatic heterocycles. The molecule has 4 nitrogen and oxygen atoms in total. The predicted molar refractivity (Wildman–Crippen MR) is 78.5 cm³/mol. The number of anilines is 1. The SMILES string of the molecule is Cl.NC1(C(=O)Nc2ccc(CCO)cc2)CCCC1. The van der Waals surface area contributed by atoms with E-state index in [0.29, 0.717) is 6.42 Å². The minimum atomic E-state index is -0.691. The van der Waals surface area contributed by atoms with Gasteiger partial charge in [0.05, 0.1) is 5.54 Å². The van der Waals surface area contributed by atoms with Crippen molar-refractivity contribution in [3.63, 3.8) is 0 Å². The first-order valence-electron chi connectivity index (χ1n) is 6.44. The van der Waals surface area contributed by atoms with Crippen molar-refractivity contribution < 1.29 is 9.90 Å². The highest BCUT2D eigenvalue weighted by molar-refractivity contribution is 5.98. The first kappa shape index (κ1) is 16.0. The minimum Gasteiger partial charge on any atom is -0.396 e. The van der Waals surface area contributed by atoms with E-state index in [9.17, 15) is 4.79 Å². The van der Waals surface area contributed by atoms with Gasteiger partial charge < -0.3 is 16.2 Å². The van der Waals surface area contributed by atoms with Crippen LogP contribution in [-0.2, 0) is 11.2 Å². The van der Waals surface area contributed by atoms with Gasteiger partial charge in [0.25, 0.3) is 0 Å². The molecule has 1 amide bonds. The largest absolute Gasteiger partial charge is 0.396 e. The van der Waals surface area contributed by atoms with Crippen molar-refractivity contribution in [3.05, 3.63) is 29.8 Å². The van der Waals surface area contributed by atoms with Crippen LogP contribution in [0.2, 0.25) is 0 Å². The number of aliphatic hydroxyl groups excluding tert-OH is 1. The lowest BCUT2D eigenvalue weighted by Gasteiger charge is -2.22. The van der Waals surface area contributed by atoms with Crippen molar-refractivity contribution >= 4 is 24.0 Å². The van der Waals surface area contributed by atoms with Gasteiger partial charge in [-0.2, -0.15) is 0 Å². The van der Waals surface area contributed by atoms with Crippen LogP contribution in [0, 0.1) is 0 Å². The number of amides is 1. The van der Waals surface area contributed by atoms with E-state index >= 15 is 0 Å². The number of carbonyl (C=O) groups excluding carboxylic acids is 1. The molecule has 0 saturated heterocycles. The quantitative estimate of drug-likeness (QED) is 0.790. The zero-order valence-corrected chi connectivity index (χ0v) is 11.7. The van der Waals surface area contributed by atoms with Crippen LogP contribution in [0.15, 0.2) is 24.3 Å². The molecule has 1 aliphatic carbocycles. The second-order valence-corrected chi connectivity index (χ2v) is 4.99. The van der Waals surface area contributed by atoms with E-state index in [1.165, 1.54) is 0 Å².